The molecule has 0 aliphatic heterocycles. The van der Waals surface area contributed by atoms with Gasteiger partial charge in [-0.2, -0.15) is 0 Å². The number of carbonyl (C=O) groups is 1. The van der Waals surface area contributed by atoms with Gasteiger partial charge in [-0.3, -0.25) is 4.79 Å². The molecule has 22 heavy (non-hydrogen) atoms. The third-order valence-electron chi connectivity index (χ3n) is 5.56. The standard InChI is InChI=1S/C18H25FN2O/c19-15-7-5-14(6-8-15)18(9-2-10-18)12-21-17(22)11-13-3-1-4-16(13)20/h5-8,13,16H,1-4,9-12,20H2,(H,21,22)/t13-,16+/m0/s1. The van der Waals surface area contributed by atoms with Gasteiger partial charge in [-0.05, 0) is 49.3 Å². The normalized spacial score (nSPS) is 26.5. The Morgan fingerprint density at radius 3 is 2.50 bits per heavy atom. The minimum atomic E-state index is -0.211. The molecule has 0 saturated heterocycles. The highest BCUT2D eigenvalue weighted by Crippen LogP contribution is 2.43. The molecule has 0 spiro atoms. The number of halogens is 1. The van der Waals surface area contributed by atoms with Gasteiger partial charge < -0.3 is 11.1 Å². The van der Waals surface area contributed by atoms with E-state index in [1.54, 1.807) is 0 Å². The first-order valence-electron chi connectivity index (χ1n) is 8.37. The fourth-order valence-electron chi connectivity index (χ4n) is 3.87. The smallest absolute Gasteiger partial charge is 0.220 e. The van der Waals surface area contributed by atoms with E-state index in [1.807, 2.05) is 12.1 Å². The molecule has 0 bridgehead atoms. The monoisotopic (exact) mass is 304 g/mol. The minimum absolute atomic E-state index is 0.00114. The highest BCUT2D eigenvalue weighted by atomic mass is 19.1. The predicted molar refractivity (Wildman–Crippen MR) is 84.9 cm³/mol. The molecule has 2 fully saturated rings. The van der Waals surface area contributed by atoms with Crippen LogP contribution in [0.5, 0.6) is 0 Å². The van der Waals surface area contributed by atoms with Crippen molar-refractivity contribution in [2.75, 3.05) is 6.54 Å². The van der Waals surface area contributed by atoms with Crippen molar-refractivity contribution in [3.63, 3.8) is 0 Å². The van der Waals surface area contributed by atoms with Gasteiger partial charge in [0, 0.05) is 24.4 Å². The number of hydrogen-bond donors (Lipinski definition) is 2. The van der Waals surface area contributed by atoms with Gasteiger partial charge in [-0.15, -0.1) is 0 Å². The Hall–Kier alpha value is -1.42. The topological polar surface area (TPSA) is 55.1 Å². The molecule has 4 heteroatoms. The average Bonchev–Trinajstić information content (AvgIpc) is 2.85. The summed E-state index contributed by atoms with van der Waals surface area (Å²) < 4.78 is 13.1. The van der Waals surface area contributed by atoms with Crippen LogP contribution in [0.3, 0.4) is 0 Å². The molecule has 3 N–H and O–H groups in total. The summed E-state index contributed by atoms with van der Waals surface area (Å²) in [7, 11) is 0. The molecule has 1 aromatic carbocycles. The molecule has 0 radical (unpaired) electrons. The van der Waals surface area contributed by atoms with E-state index in [0.29, 0.717) is 18.9 Å². The number of amides is 1. The summed E-state index contributed by atoms with van der Waals surface area (Å²) in [6, 6.07) is 6.91. The molecule has 2 aliphatic carbocycles. The van der Waals surface area contributed by atoms with Crippen LogP contribution in [0.2, 0.25) is 0 Å². The Bertz CT molecular complexity index is 524. The van der Waals surface area contributed by atoms with Crippen LogP contribution in [-0.4, -0.2) is 18.5 Å². The highest BCUT2D eigenvalue weighted by Gasteiger charge is 2.39. The van der Waals surface area contributed by atoms with Crippen molar-refractivity contribution < 1.29 is 9.18 Å². The number of nitrogens with two attached hydrogens (primary N) is 1. The average molecular weight is 304 g/mol. The summed E-state index contributed by atoms with van der Waals surface area (Å²) in [6.45, 7) is 0.652. The van der Waals surface area contributed by atoms with Crippen LogP contribution in [0.1, 0.15) is 50.5 Å². The molecule has 1 aromatic rings. The first kappa shape index (κ1) is 15.5. The molecule has 120 valence electrons. The van der Waals surface area contributed by atoms with Gasteiger partial charge in [0.1, 0.15) is 5.82 Å². The van der Waals surface area contributed by atoms with E-state index in [1.165, 1.54) is 18.6 Å². The molecule has 0 heterocycles. The van der Waals surface area contributed by atoms with Gasteiger partial charge in [0.15, 0.2) is 0 Å². The van der Waals surface area contributed by atoms with Crippen molar-refractivity contribution in [3.05, 3.63) is 35.6 Å². The minimum Gasteiger partial charge on any atom is -0.355 e. The van der Waals surface area contributed by atoms with Crippen LogP contribution in [0.15, 0.2) is 24.3 Å². The van der Waals surface area contributed by atoms with Crippen molar-refractivity contribution in [1.29, 1.82) is 0 Å². The molecule has 2 atom stereocenters. The van der Waals surface area contributed by atoms with Gasteiger partial charge >= 0.3 is 0 Å². The van der Waals surface area contributed by atoms with Crippen molar-refractivity contribution in [1.82, 2.24) is 5.32 Å². The first-order valence-corrected chi connectivity index (χ1v) is 8.37. The fraction of sp³-hybridized carbons (Fsp3) is 0.611. The second-order valence-corrected chi connectivity index (χ2v) is 6.98. The summed E-state index contributed by atoms with van der Waals surface area (Å²) in [5.41, 5.74) is 7.17. The lowest BCUT2D eigenvalue weighted by Gasteiger charge is -2.42. The van der Waals surface area contributed by atoms with Crippen LogP contribution in [0.25, 0.3) is 0 Å². The van der Waals surface area contributed by atoms with Crippen molar-refractivity contribution in [2.24, 2.45) is 11.7 Å². The highest BCUT2D eigenvalue weighted by molar-refractivity contribution is 5.76. The summed E-state index contributed by atoms with van der Waals surface area (Å²) in [5, 5.41) is 3.10. The molecular weight excluding hydrogens is 279 g/mol. The molecule has 1 amide bonds. The maximum atomic E-state index is 13.1. The van der Waals surface area contributed by atoms with E-state index < -0.39 is 0 Å². The van der Waals surface area contributed by atoms with E-state index in [4.69, 9.17) is 5.73 Å². The lowest BCUT2D eigenvalue weighted by atomic mass is 9.64. The number of hydrogen-bond acceptors (Lipinski definition) is 2. The quantitative estimate of drug-likeness (QED) is 0.879. The zero-order chi connectivity index (χ0) is 15.6. The summed E-state index contributed by atoms with van der Waals surface area (Å²) in [4.78, 5) is 12.2. The molecule has 3 nitrogen and oxygen atoms in total. The summed E-state index contributed by atoms with van der Waals surface area (Å²) in [6.07, 6.45) is 7.07. The molecule has 3 rings (SSSR count). The van der Waals surface area contributed by atoms with Crippen molar-refractivity contribution in [3.8, 4) is 0 Å². The number of nitrogens with one attached hydrogen (secondary N) is 1. The zero-order valence-corrected chi connectivity index (χ0v) is 13.0. The van der Waals surface area contributed by atoms with Crippen LogP contribution < -0.4 is 11.1 Å². The maximum absolute atomic E-state index is 13.1. The molecule has 2 saturated carbocycles. The van der Waals surface area contributed by atoms with Gasteiger partial charge in [0.05, 0.1) is 0 Å². The molecule has 2 aliphatic rings. The second-order valence-electron chi connectivity index (χ2n) is 6.98. The largest absolute Gasteiger partial charge is 0.355 e. The van der Waals surface area contributed by atoms with E-state index in [-0.39, 0.29) is 23.2 Å². The molecule has 0 unspecified atom stereocenters. The van der Waals surface area contributed by atoms with Crippen molar-refractivity contribution in [2.45, 2.75) is 56.4 Å². The Balaban J connectivity index is 1.56. The van der Waals surface area contributed by atoms with Gasteiger partial charge in [-0.25, -0.2) is 4.39 Å². The Morgan fingerprint density at radius 2 is 1.95 bits per heavy atom. The lowest BCUT2D eigenvalue weighted by molar-refractivity contribution is -0.122. The van der Waals surface area contributed by atoms with Gasteiger partial charge in [0.25, 0.3) is 0 Å². The van der Waals surface area contributed by atoms with Crippen LogP contribution in [-0.2, 0) is 10.2 Å². The SMILES string of the molecule is N[C@@H]1CCC[C@H]1CC(=O)NCC1(c2ccc(F)cc2)CCC1. The van der Waals surface area contributed by atoms with Crippen LogP contribution >= 0.6 is 0 Å². The van der Waals surface area contributed by atoms with E-state index in [9.17, 15) is 9.18 Å². The van der Waals surface area contributed by atoms with E-state index >= 15 is 0 Å². The van der Waals surface area contributed by atoms with Crippen molar-refractivity contribution >= 4 is 5.91 Å². The Morgan fingerprint density at radius 1 is 1.23 bits per heavy atom. The zero-order valence-electron chi connectivity index (χ0n) is 13.0. The second kappa shape index (κ2) is 6.37. The number of benzene rings is 1. The summed E-state index contributed by atoms with van der Waals surface area (Å²) >= 11 is 0. The number of rotatable bonds is 5. The molecule has 0 aromatic heterocycles. The Labute approximate surface area is 131 Å². The van der Waals surface area contributed by atoms with Gasteiger partial charge in [-0.1, -0.05) is 25.0 Å². The van der Waals surface area contributed by atoms with E-state index in [0.717, 1.165) is 37.7 Å². The van der Waals surface area contributed by atoms with E-state index in [2.05, 4.69) is 5.32 Å². The van der Waals surface area contributed by atoms with Crippen LogP contribution in [0.4, 0.5) is 4.39 Å². The predicted octanol–water partition coefficient (Wildman–Crippen LogP) is 2.88. The van der Waals surface area contributed by atoms with Crippen LogP contribution in [0, 0.1) is 11.7 Å². The third kappa shape index (κ3) is 3.17. The number of carbonyl (C=O) groups excluding carboxylic acids is 1. The first-order chi connectivity index (χ1) is 10.6. The van der Waals surface area contributed by atoms with Gasteiger partial charge in [0.2, 0.25) is 5.91 Å². The Kier molecular flexibility index (Phi) is 4.48. The molecular formula is C18H25FN2O. The fourth-order valence-corrected chi connectivity index (χ4v) is 3.87. The summed E-state index contributed by atoms with van der Waals surface area (Å²) in [5.74, 6) is 0.233. The third-order valence-corrected chi connectivity index (χ3v) is 5.56. The maximum Gasteiger partial charge on any atom is 0.220 e. The lowest BCUT2D eigenvalue weighted by Crippen LogP contribution is -2.46.